The number of likely N-dealkylation sites (tertiary alicyclic amines) is 1. The number of hydrogen-bond acceptors (Lipinski definition) is 7. The Kier molecular flexibility index (Phi) is 9.28. The van der Waals surface area contributed by atoms with E-state index in [1.54, 1.807) is 13.0 Å². The molecule has 3 aromatic rings. The number of nitrogens with zero attached hydrogens (tertiary/aromatic N) is 2. The van der Waals surface area contributed by atoms with E-state index in [0.29, 0.717) is 35.8 Å². The Morgan fingerprint density at radius 3 is 2.51 bits per heavy atom. The quantitative estimate of drug-likeness (QED) is 0.269. The van der Waals surface area contributed by atoms with Crippen molar-refractivity contribution in [3.63, 3.8) is 0 Å². The number of nitrogens with one attached hydrogen (secondary N) is 3. The molecule has 7 rings (SSSR count). The summed E-state index contributed by atoms with van der Waals surface area (Å²) in [5.41, 5.74) is 6.80. The maximum absolute atomic E-state index is 13.8. The van der Waals surface area contributed by atoms with E-state index in [-0.39, 0.29) is 30.0 Å². The first-order chi connectivity index (χ1) is 23.7. The van der Waals surface area contributed by atoms with Gasteiger partial charge in [-0.2, -0.15) is 0 Å². The van der Waals surface area contributed by atoms with Crippen LogP contribution in [0, 0.1) is 19.8 Å². The van der Waals surface area contributed by atoms with Crippen molar-refractivity contribution in [1.29, 1.82) is 0 Å². The SMILES string of the molecule is CCN(c1c(-c2ccc3c(c2)NC(=O)C32CCN(CC3CC3)CC2)ccc(C(=O)NCc2c(OC)cc(C)[nH]c2=O)c1C)C1CCOCC1. The van der Waals surface area contributed by atoms with Crippen molar-refractivity contribution in [2.75, 3.05) is 56.7 Å². The van der Waals surface area contributed by atoms with Crippen LogP contribution in [0.4, 0.5) is 11.4 Å². The number of fused-ring (bicyclic) bond motifs is 2. The molecule has 3 N–H and O–H groups in total. The maximum Gasteiger partial charge on any atom is 0.256 e. The number of methoxy groups -OCH3 is 1. The zero-order valence-corrected chi connectivity index (χ0v) is 29.2. The lowest BCUT2D eigenvalue weighted by molar-refractivity contribution is -0.122. The van der Waals surface area contributed by atoms with E-state index in [0.717, 1.165) is 84.9 Å². The van der Waals surface area contributed by atoms with Gasteiger partial charge in [0.05, 0.1) is 24.6 Å². The van der Waals surface area contributed by atoms with Crippen molar-refractivity contribution in [2.45, 2.75) is 77.3 Å². The van der Waals surface area contributed by atoms with Gasteiger partial charge in [0.15, 0.2) is 0 Å². The molecule has 4 aliphatic rings. The predicted octanol–water partition coefficient (Wildman–Crippen LogP) is 5.30. The molecule has 1 aliphatic carbocycles. The number of pyridine rings is 1. The summed E-state index contributed by atoms with van der Waals surface area (Å²) in [7, 11) is 1.52. The molecule has 260 valence electrons. The molecule has 1 spiro atoms. The van der Waals surface area contributed by atoms with Gasteiger partial charge < -0.3 is 34.9 Å². The van der Waals surface area contributed by atoms with Crippen molar-refractivity contribution in [3.8, 4) is 16.9 Å². The molecule has 0 unspecified atom stereocenters. The second kappa shape index (κ2) is 13.6. The highest BCUT2D eigenvalue weighted by Crippen LogP contribution is 2.48. The van der Waals surface area contributed by atoms with Crippen molar-refractivity contribution >= 4 is 23.2 Å². The molecule has 10 heteroatoms. The molecule has 49 heavy (non-hydrogen) atoms. The summed E-state index contributed by atoms with van der Waals surface area (Å²) in [5.74, 6) is 1.16. The van der Waals surface area contributed by atoms with Crippen LogP contribution in [-0.2, 0) is 21.5 Å². The van der Waals surface area contributed by atoms with Gasteiger partial charge >= 0.3 is 0 Å². The molecule has 4 heterocycles. The van der Waals surface area contributed by atoms with Crippen LogP contribution in [0.25, 0.3) is 11.1 Å². The number of carbonyl (C=O) groups is 2. The second-order valence-electron chi connectivity index (χ2n) is 14.3. The number of ether oxygens (including phenoxy) is 2. The van der Waals surface area contributed by atoms with E-state index in [1.165, 1.54) is 26.5 Å². The number of aryl methyl sites for hydroxylation is 1. The molecule has 2 saturated heterocycles. The van der Waals surface area contributed by atoms with E-state index < -0.39 is 5.41 Å². The number of rotatable bonds is 10. The van der Waals surface area contributed by atoms with Gasteiger partial charge in [-0.3, -0.25) is 14.4 Å². The number of piperidine rings is 1. The Hall–Kier alpha value is -4.15. The van der Waals surface area contributed by atoms with Crippen molar-refractivity contribution in [2.24, 2.45) is 5.92 Å². The Labute approximate surface area is 288 Å². The highest BCUT2D eigenvalue weighted by atomic mass is 16.5. The van der Waals surface area contributed by atoms with Gasteiger partial charge in [0, 0.05) is 60.5 Å². The first-order valence-electron chi connectivity index (χ1n) is 17.9. The van der Waals surface area contributed by atoms with Crippen molar-refractivity contribution < 1.29 is 19.1 Å². The summed E-state index contributed by atoms with van der Waals surface area (Å²) in [5, 5.41) is 6.24. The van der Waals surface area contributed by atoms with Crippen LogP contribution in [0.5, 0.6) is 5.75 Å². The van der Waals surface area contributed by atoms with E-state index in [9.17, 15) is 14.4 Å². The van der Waals surface area contributed by atoms with Gasteiger partial charge in [0.25, 0.3) is 11.5 Å². The van der Waals surface area contributed by atoms with Crippen LogP contribution in [0.15, 0.2) is 41.2 Å². The highest BCUT2D eigenvalue weighted by molar-refractivity contribution is 6.07. The lowest BCUT2D eigenvalue weighted by Gasteiger charge is -2.38. The Balaban J connectivity index is 1.21. The Morgan fingerprint density at radius 1 is 1.06 bits per heavy atom. The summed E-state index contributed by atoms with van der Waals surface area (Å²) in [6, 6.07) is 12.4. The van der Waals surface area contributed by atoms with Crippen LogP contribution in [0.2, 0.25) is 0 Å². The van der Waals surface area contributed by atoms with Gasteiger partial charge in [-0.15, -0.1) is 0 Å². The summed E-state index contributed by atoms with van der Waals surface area (Å²) in [4.78, 5) is 47.9. The smallest absolute Gasteiger partial charge is 0.256 e. The number of aromatic nitrogens is 1. The fourth-order valence-corrected chi connectivity index (χ4v) is 8.32. The molecule has 3 aliphatic heterocycles. The van der Waals surface area contributed by atoms with Gasteiger partial charge in [-0.05, 0) is 113 Å². The lowest BCUT2D eigenvalue weighted by Crippen LogP contribution is -2.46. The third-order valence-electron chi connectivity index (χ3n) is 11.3. The fourth-order valence-electron chi connectivity index (χ4n) is 8.32. The van der Waals surface area contributed by atoms with Gasteiger partial charge in [0.1, 0.15) is 5.75 Å². The highest BCUT2D eigenvalue weighted by Gasteiger charge is 2.48. The monoisotopic (exact) mass is 667 g/mol. The van der Waals surface area contributed by atoms with Crippen LogP contribution in [-0.4, -0.2) is 74.2 Å². The maximum atomic E-state index is 13.8. The average molecular weight is 668 g/mol. The molecule has 10 nitrogen and oxygen atoms in total. The Morgan fingerprint density at radius 2 is 1.82 bits per heavy atom. The third kappa shape index (κ3) is 6.36. The van der Waals surface area contributed by atoms with Crippen molar-refractivity contribution in [1.82, 2.24) is 15.2 Å². The number of H-pyrrole nitrogens is 1. The molecule has 3 fully saturated rings. The van der Waals surface area contributed by atoms with E-state index >= 15 is 0 Å². The summed E-state index contributed by atoms with van der Waals surface area (Å²) >= 11 is 0. The third-order valence-corrected chi connectivity index (χ3v) is 11.3. The molecule has 1 aromatic heterocycles. The minimum absolute atomic E-state index is 0.0379. The van der Waals surface area contributed by atoms with Crippen molar-refractivity contribution in [3.05, 3.63) is 74.7 Å². The molecule has 1 saturated carbocycles. The largest absolute Gasteiger partial charge is 0.496 e. The molecule has 0 radical (unpaired) electrons. The number of amides is 2. The molecular weight excluding hydrogens is 618 g/mol. The van der Waals surface area contributed by atoms with E-state index in [2.05, 4.69) is 50.5 Å². The van der Waals surface area contributed by atoms with Gasteiger partial charge in [-0.25, -0.2) is 0 Å². The normalized spacial score (nSPS) is 19.1. The standard InChI is InChI=1S/C39H49N5O5/c1-5-44(28-12-18-49-19-13-28)35-25(3)29(36(45)40-22-31-34(48-4)20-24(2)41-37(31)46)9-10-30(35)27-8-11-32-33(21-27)42-38(47)39(32)14-16-43(17-15-39)23-26-6-7-26/h8-11,20-21,26,28H,5-7,12-19,22-23H2,1-4H3,(H,40,45)(H,41,46)(H,42,47). The number of aromatic amines is 1. The van der Waals surface area contributed by atoms with E-state index in [1.807, 2.05) is 19.1 Å². The van der Waals surface area contributed by atoms with Crippen LogP contribution in [0.3, 0.4) is 0 Å². The molecule has 0 atom stereocenters. The topological polar surface area (TPSA) is 116 Å². The lowest BCUT2D eigenvalue weighted by atomic mass is 9.73. The predicted molar refractivity (Wildman–Crippen MR) is 192 cm³/mol. The molecule has 2 aromatic carbocycles. The second-order valence-corrected chi connectivity index (χ2v) is 14.3. The summed E-state index contributed by atoms with van der Waals surface area (Å²) < 4.78 is 11.2. The zero-order valence-electron chi connectivity index (χ0n) is 29.2. The first-order valence-corrected chi connectivity index (χ1v) is 17.9. The zero-order chi connectivity index (χ0) is 34.3. The number of hydrogen-bond donors (Lipinski definition) is 3. The first kappa shape index (κ1) is 33.4. The molecule has 0 bridgehead atoms. The number of benzene rings is 2. The van der Waals surface area contributed by atoms with E-state index in [4.69, 9.17) is 9.47 Å². The van der Waals surface area contributed by atoms with Gasteiger partial charge in [-0.1, -0.05) is 18.2 Å². The summed E-state index contributed by atoms with van der Waals surface area (Å²) in [6.45, 7) is 11.2. The summed E-state index contributed by atoms with van der Waals surface area (Å²) in [6.07, 6.45) is 6.18. The average Bonchev–Trinajstić information content (AvgIpc) is 3.89. The minimum atomic E-state index is -0.464. The van der Waals surface area contributed by atoms with Crippen LogP contribution in [0.1, 0.15) is 78.2 Å². The fraction of sp³-hybridized carbons (Fsp3) is 0.513. The van der Waals surface area contributed by atoms with Gasteiger partial charge in [0.2, 0.25) is 5.91 Å². The molecule has 2 amide bonds. The van der Waals surface area contributed by atoms with Crippen LogP contribution < -0.4 is 25.8 Å². The number of carbonyl (C=O) groups excluding carboxylic acids is 2. The minimum Gasteiger partial charge on any atom is -0.496 e. The molecular formula is C39H49N5O5. The number of anilines is 2. The Bertz CT molecular complexity index is 1800. The van der Waals surface area contributed by atoms with Crippen LogP contribution >= 0.6 is 0 Å².